The van der Waals surface area contributed by atoms with E-state index in [0.717, 1.165) is 5.56 Å². The molecule has 0 atom stereocenters. The van der Waals surface area contributed by atoms with Crippen molar-refractivity contribution in [3.63, 3.8) is 0 Å². The molecule has 0 aliphatic rings. The highest BCUT2D eigenvalue weighted by Gasteiger charge is 2.24. The molecule has 5 nitrogen and oxygen atoms in total. The maximum absolute atomic E-state index is 12.3. The van der Waals surface area contributed by atoms with Crippen LogP contribution in [0, 0.1) is 0 Å². The van der Waals surface area contributed by atoms with E-state index in [4.69, 9.17) is 0 Å². The second-order valence-corrected chi connectivity index (χ2v) is 5.77. The van der Waals surface area contributed by atoms with Gasteiger partial charge in [-0.2, -0.15) is 0 Å². The topological polar surface area (TPSA) is 52.6 Å². The van der Waals surface area contributed by atoms with Crippen molar-refractivity contribution in [1.82, 2.24) is 15.0 Å². The number of benzene rings is 1. The van der Waals surface area contributed by atoms with Crippen LogP contribution >= 0.6 is 0 Å². The van der Waals surface area contributed by atoms with E-state index in [-0.39, 0.29) is 5.75 Å². The zero-order valence-electron chi connectivity index (χ0n) is 11.1. The van der Waals surface area contributed by atoms with Crippen LogP contribution in [0.4, 0.5) is 0 Å². The minimum Gasteiger partial charge on any atom is -0.227 e. The minimum absolute atomic E-state index is 0.00875. The Balaban J connectivity index is 2.89. The van der Waals surface area contributed by atoms with Crippen molar-refractivity contribution < 1.29 is 8.42 Å². The largest absolute Gasteiger partial charge is 0.244 e. The Morgan fingerprint density at radius 1 is 1.17 bits per heavy atom. The first-order valence-corrected chi connectivity index (χ1v) is 7.63. The Bertz CT molecular complexity index is 448. The monoisotopic (exact) mass is 271 g/mol. The maximum Gasteiger partial charge on any atom is 0.244 e. The molecule has 1 rings (SSSR count). The van der Waals surface area contributed by atoms with Gasteiger partial charge < -0.3 is 0 Å². The van der Waals surface area contributed by atoms with Crippen molar-refractivity contribution in [2.45, 2.75) is 19.6 Å². The Morgan fingerprint density at radius 2 is 1.78 bits per heavy atom. The minimum atomic E-state index is -3.40. The summed E-state index contributed by atoms with van der Waals surface area (Å²) < 4.78 is 25.8. The van der Waals surface area contributed by atoms with Gasteiger partial charge in [-0.15, -0.1) is 0 Å². The molecule has 1 aromatic rings. The van der Waals surface area contributed by atoms with E-state index in [0.29, 0.717) is 13.1 Å². The van der Waals surface area contributed by atoms with E-state index in [1.165, 1.54) is 4.52 Å². The lowest BCUT2D eigenvalue weighted by molar-refractivity contribution is 0.0499. The fourth-order valence-corrected chi connectivity index (χ4v) is 3.14. The summed E-state index contributed by atoms with van der Waals surface area (Å²) in [4.78, 5) is 0. The van der Waals surface area contributed by atoms with Gasteiger partial charge in [-0.3, -0.25) is 0 Å². The van der Waals surface area contributed by atoms with Crippen molar-refractivity contribution in [3.8, 4) is 0 Å². The van der Waals surface area contributed by atoms with Crippen LogP contribution in [0.25, 0.3) is 0 Å². The van der Waals surface area contributed by atoms with E-state index in [2.05, 4.69) is 5.43 Å². The van der Waals surface area contributed by atoms with Gasteiger partial charge in [0.05, 0.1) is 5.75 Å². The summed E-state index contributed by atoms with van der Waals surface area (Å²) in [7, 11) is -1.66. The molecule has 0 saturated heterocycles. The molecule has 0 aliphatic carbocycles. The summed E-state index contributed by atoms with van der Waals surface area (Å²) >= 11 is 0. The molecule has 0 amide bonds. The summed E-state index contributed by atoms with van der Waals surface area (Å²) in [6.45, 7) is 4.94. The molecule has 0 radical (unpaired) electrons. The lowest BCUT2D eigenvalue weighted by Gasteiger charge is -2.29. The molecule has 0 spiro atoms. The standard InChI is InChI=1S/C12H21N3O2S/c1-4-13-15(14(3)5-2)18(16,17)11-12-9-7-6-8-10-12/h6-10,13H,4-5,11H2,1-3H3. The molecule has 1 N–H and O–H groups in total. The second kappa shape index (κ2) is 6.84. The number of hydrogen-bond donors (Lipinski definition) is 1. The number of rotatable bonds is 7. The molecule has 0 heterocycles. The number of hydrazine groups is 2. The molecule has 102 valence electrons. The first-order chi connectivity index (χ1) is 8.51. The first-order valence-electron chi connectivity index (χ1n) is 6.02. The zero-order valence-corrected chi connectivity index (χ0v) is 11.9. The van der Waals surface area contributed by atoms with Crippen LogP contribution in [0.15, 0.2) is 30.3 Å². The lowest BCUT2D eigenvalue weighted by atomic mass is 10.2. The fraction of sp³-hybridized carbons (Fsp3) is 0.500. The second-order valence-electron chi connectivity index (χ2n) is 3.97. The summed E-state index contributed by atoms with van der Waals surface area (Å²) in [5.74, 6) is -0.00875. The van der Waals surface area contributed by atoms with Crippen molar-refractivity contribution in [3.05, 3.63) is 35.9 Å². The molecular weight excluding hydrogens is 250 g/mol. The van der Waals surface area contributed by atoms with Crippen molar-refractivity contribution in [2.24, 2.45) is 0 Å². The van der Waals surface area contributed by atoms with Gasteiger partial charge in [-0.05, 0) is 5.56 Å². The predicted molar refractivity (Wildman–Crippen MR) is 72.9 cm³/mol. The lowest BCUT2D eigenvalue weighted by Crippen LogP contribution is -2.52. The highest BCUT2D eigenvalue weighted by Crippen LogP contribution is 2.10. The van der Waals surface area contributed by atoms with Gasteiger partial charge in [-0.1, -0.05) is 48.7 Å². The first kappa shape index (κ1) is 15.1. The van der Waals surface area contributed by atoms with Crippen LogP contribution in [-0.4, -0.2) is 38.1 Å². The molecule has 0 aromatic heterocycles. The summed E-state index contributed by atoms with van der Waals surface area (Å²) in [6.07, 6.45) is 0. The molecule has 0 aliphatic heterocycles. The van der Waals surface area contributed by atoms with Crippen LogP contribution in [0.2, 0.25) is 0 Å². The zero-order chi connectivity index (χ0) is 13.6. The average molecular weight is 271 g/mol. The van der Waals surface area contributed by atoms with Gasteiger partial charge in [0.2, 0.25) is 10.0 Å². The highest BCUT2D eigenvalue weighted by atomic mass is 32.2. The number of hydrogen-bond acceptors (Lipinski definition) is 4. The molecular formula is C12H21N3O2S. The smallest absolute Gasteiger partial charge is 0.227 e. The van der Waals surface area contributed by atoms with Crippen LogP contribution in [-0.2, 0) is 15.8 Å². The molecule has 0 unspecified atom stereocenters. The summed E-state index contributed by atoms with van der Waals surface area (Å²) in [5.41, 5.74) is 3.65. The average Bonchev–Trinajstić information content (AvgIpc) is 2.35. The van der Waals surface area contributed by atoms with Crippen LogP contribution in [0.5, 0.6) is 0 Å². The fourth-order valence-electron chi connectivity index (χ4n) is 1.54. The molecule has 0 bridgehead atoms. The molecule has 6 heteroatoms. The van der Waals surface area contributed by atoms with E-state index in [1.807, 2.05) is 44.2 Å². The molecule has 1 aromatic carbocycles. The van der Waals surface area contributed by atoms with Crippen molar-refractivity contribution >= 4 is 10.0 Å². The van der Waals surface area contributed by atoms with E-state index < -0.39 is 10.0 Å². The highest BCUT2D eigenvalue weighted by molar-refractivity contribution is 7.88. The van der Waals surface area contributed by atoms with Gasteiger partial charge in [0.1, 0.15) is 0 Å². The van der Waals surface area contributed by atoms with E-state index in [1.54, 1.807) is 12.1 Å². The van der Waals surface area contributed by atoms with Gasteiger partial charge in [0.15, 0.2) is 0 Å². The van der Waals surface area contributed by atoms with E-state index in [9.17, 15) is 8.42 Å². The molecule has 0 saturated carbocycles. The Kier molecular flexibility index (Phi) is 5.74. The Morgan fingerprint density at radius 3 is 2.28 bits per heavy atom. The predicted octanol–water partition coefficient (Wildman–Crippen LogP) is 1.21. The molecule has 0 fully saturated rings. The third-order valence-corrected chi connectivity index (χ3v) is 4.15. The van der Waals surface area contributed by atoms with Gasteiger partial charge >= 0.3 is 0 Å². The molecule has 18 heavy (non-hydrogen) atoms. The van der Waals surface area contributed by atoms with Crippen LogP contribution in [0.3, 0.4) is 0 Å². The van der Waals surface area contributed by atoms with Gasteiger partial charge in [-0.25, -0.2) is 18.9 Å². The number of sulfonamides is 1. The van der Waals surface area contributed by atoms with Crippen molar-refractivity contribution in [2.75, 3.05) is 20.1 Å². The number of nitrogens with zero attached hydrogens (tertiary/aromatic N) is 2. The quantitative estimate of drug-likeness (QED) is 0.757. The number of nitrogens with one attached hydrogen (secondary N) is 1. The Labute approximate surface area is 109 Å². The van der Waals surface area contributed by atoms with Crippen molar-refractivity contribution in [1.29, 1.82) is 0 Å². The van der Waals surface area contributed by atoms with Crippen LogP contribution < -0.4 is 5.43 Å². The van der Waals surface area contributed by atoms with Gasteiger partial charge in [0, 0.05) is 20.1 Å². The maximum atomic E-state index is 12.3. The SMILES string of the molecule is CCNN(N(C)CC)S(=O)(=O)Cc1ccccc1. The summed E-state index contributed by atoms with van der Waals surface area (Å²) in [5, 5.41) is 1.64. The third-order valence-electron chi connectivity index (χ3n) is 2.52. The van der Waals surface area contributed by atoms with E-state index >= 15 is 0 Å². The third kappa shape index (κ3) is 4.06. The normalized spacial score (nSPS) is 12.3. The van der Waals surface area contributed by atoms with Crippen LogP contribution in [0.1, 0.15) is 19.4 Å². The van der Waals surface area contributed by atoms with Gasteiger partial charge in [0.25, 0.3) is 0 Å². The summed E-state index contributed by atoms with van der Waals surface area (Å²) in [6, 6.07) is 9.18. The Hall–Kier alpha value is -0.950.